The SMILES string of the molecule is CCNC(=NCC(O)Cc1ccccc1)N(C)Cc1ncc(-c2ccccc2)[nH]1. The molecule has 0 spiro atoms. The van der Waals surface area contributed by atoms with Crippen molar-refractivity contribution in [3.8, 4) is 11.3 Å². The van der Waals surface area contributed by atoms with Gasteiger partial charge in [0.1, 0.15) is 5.82 Å². The zero-order chi connectivity index (χ0) is 20.5. The predicted molar refractivity (Wildman–Crippen MR) is 118 cm³/mol. The number of hydrogen-bond donors (Lipinski definition) is 3. The van der Waals surface area contributed by atoms with Crippen LogP contribution in [-0.4, -0.2) is 52.2 Å². The molecule has 3 rings (SSSR count). The lowest BCUT2D eigenvalue weighted by Crippen LogP contribution is -2.39. The number of benzene rings is 2. The van der Waals surface area contributed by atoms with Crippen LogP contribution in [0.15, 0.2) is 71.9 Å². The summed E-state index contributed by atoms with van der Waals surface area (Å²) in [6.07, 6.45) is 1.92. The molecular weight excluding hydrogens is 362 g/mol. The first-order valence-electron chi connectivity index (χ1n) is 9.96. The summed E-state index contributed by atoms with van der Waals surface area (Å²) >= 11 is 0. The number of imidazole rings is 1. The molecule has 0 aliphatic heterocycles. The van der Waals surface area contributed by atoms with Crippen LogP contribution < -0.4 is 5.32 Å². The molecule has 1 aromatic heterocycles. The number of guanidine groups is 1. The van der Waals surface area contributed by atoms with Gasteiger partial charge >= 0.3 is 0 Å². The van der Waals surface area contributed by atoms with Crippen LogP contribution >= 0.6 is 0 Å². The van der Waals surface area contributed by atoms with Gasteiger partial charge in [-0.25, -0.2) is 4.98 Å². The van der Waals surface area contributed by atoms with Crippen molar-refractivity contribution in [2.24, 2.45) is 4.99 Å². The molecule has 0 saturated carbocycles. The van der Waals surface area contributed by atoms with Gasteiger partial charge in [0, 0.05) is 20.0 Å². The Bertz CT molecular complexity index is 892. The normalized spacial score (nSPS) is 12.6. The number of H-pyrrole nitrogens is 1. The summed E-state index contributed by atoms with van der Waals surface area (Å²) in [5.74, 6) is 1.61. The average molecular weight is 392 g/mol. The van der Waals surface area contributed by atoms with Crippen molar-refractivity contribution in [3.63, 3.8) is 0 Å². The first-order chi connectivity index (χ1) is 14.2. The fourth-order valence-corrected chi connectivity index (χ4v) is 3.12. The number of rotatable bonds is 8. The fraction of sp³-hybridized carbons (Fsp3) is 0.304. The molecule has 152 valence electrons. The predicted octanol–water partition coefficient (Wildman–Crippen LogP) is 3.08. The Hall–Kier alpha value is -3.12. The topological polar surface area (TPSA) is 76.5 Å². The summed E-state index contributed by atoms with van der Waals surface area (Å²) in [5.41, 5.74) is 3.21. The highest BCUT2D eigenvalue weighted by Gasteiger charge is 2.11. The molecule has 0 fully saturated rings. The Morgan fingerprint density at radius 2 is 1.83 bits per heavy atom. The summed E-state index contributed by atoms with van der Waals surface area (Å²) in [4.78, 5) is 14.5. The van der Waals surface area contributed by atoms with Crippen molar-refractivity contribution in [2.75, 3.05) is 20.1 Å². The third-order valence-corrected chi connectivity index (χ3v) is 4.56. The van der Waals surface area contributed by atoms with E-state index >= 15 is 0 Å². The zero-order valence-corrected chi connectivity index (χ0v) is 17.0. The van der Waals surface area contributed by atoms with E-state index in [-0.39, 0.29) is 0 Å². The van der Waals surface area contributed by atoms with Gasteiger partial charge in [-0.05, 0) is 18.1 Å². The van der Waals surface area contributed by atoms with Gasteiger partial charge in [-0.3, -0.25) is 4.99 Å². The lowest BCUT2D eigenvalue weighted by Gasteiger charge is -2.21. The van der Waals surface area contributed by atoms with Crippen molar-refractivity contribution in [2.45, 2.75) is 26.0 Å². The summed E-state index contributed by atoms with van der Waals surface area (Å²) < 4.78 is 0. The molecule has 6 nitrogen and oxygen atoms in total. The quantitative estimate of drug-likeness (QED) is 0.407. The lowest BCUT2D eigenvalue weighted by atomic mass is 10.1. The Morgan fingerprint density at radius 1 is 1.14 bits per heavy atom. The number of aromatic nitrogens is 2. The van der Waals surface area contributed by atoms with Gasteiger partial charge < -0.3 is 20.3 Å². The van der Waals surface area contributed by atoms with Crippen molar-refractivity contribution >= 4 is 5.96 Å². The smallest absolute Gasteiger partial charge is 0.194 e. The largest absolute Gasteiger partial charge is 0.391 e. The lowest BCUT2D eigenvalue weighted by molar-refractivity contribution is 0.183. The molecular formula is C23H29N5O. The monoisotopic (exact) mass is 391 g/mol. The zero-order valence-electron chi connectivity index (χ0n) is 17.0. The number of aliphatic hydroxyl groups excluding tert-OH is 1. The highest BCUT2D eigenvalue weighted by molar-refractivity contribution is 5.79. The first-order valence-corrected chi connectivity index (χ1v) is 9.96. The molecule has 0 aliphatic carbocycles. The Kier molecular flexibility index (Phi) is 7.41. The first kappa shape index (κ1) is 20.6. The third-order valence-electron chi connectivity index (χ3n) is 4.56. The summed E-state index contributed by atoms with van der Waals surface area (Å²) in [7, 11) is 1.97. The molecule has 1 unspecified atom stereocenters. The van der Waals surface area contributed by atoms with E-state index < -0.39 is 6.10 Å². The number of nitrogens with one attached hydrogen (secondary N) is 2. The molecule has 29 heavy (non-hydrogen) atoms. The average Bonchev–Trinajstić information content (AvgIpc) is 3.21. The highest BCUT2D eigenvalue weighted by Crippen LogP contribution is 2.16. The molecule has 3 aromatic rings. The van der Waals surface area contributed by atoms with E-state index in [0.717, 1.165) is 35.1 Å². The fourth-order valence-electron chi connectivity index (χ4n) is 3.12. The van der Waals surface area contributed by atoms with Crippen LogP contribution in [0.4, 0.5) is 0 Å². The molecule has 3 N–H and O–H groups in total. The van der Waals surface area contributed by atoms with Crippen LogP contribution in [0.25, 0.3) is 11.3 Å². The summed E-state index contributed by atoms with van der Waals surface area (Å²) in [6, 6.07) is 20.1. The van der Waals surface area contributed by atoms with Crippen molar-refractivity contribution < 1.29 is 5.11 Å². The maximum absolute atomic E-state index is 10.3. The number of aromatic amines is 1. The molecule has 1 atom stereocenters. The van der Waals surface area contributed by atoms with Gasteiger partial charge in [0.05, 0.1) is 31.1 Å². The van der Waals surface area contributed by atoms with Crippen molar-refractivity contribution in [3.05, 3.63) is 78.2 Å². The molecule has 0 saturated heterocycles. The second-order valence-corrected chi connectivity index (χ2v) is 7.00. The van der Waals surface area contributed by atoms with Crippen molar-refractivity contribution in [1.82, 2.24) is 20.2 Å². The van der Waals surface area contributed by atoms with Crippen molar-refractivity contribution in [1.29, 1.82) is 0 Å². The van der Waals surface area contributed by atoms with E-state index in [0.29, 0.717) is 19.5 Å². The van der Waals surface area contributed by atoms with E-state index in [2.05, 4.69) is 32.4 Å². The van der Waals surface area contributed by atoms with Crippen LogP contribution in [0.1, 0.15) is 18.3 Å². The maximum atomic E-state index is 10.3. The highest BCUT2D eigenvalue weighted by atomic mass is 16.3. The molecule has 0 aliphatic rings. The van der Waals surface area contributed by atoms with E-state index in [1.807, 2.05) is 73.6 Å². The molecule has 0 amide bonds. The summed E-state index contributed by atoms with van der Waals surface area (Å²) in [6.45, 7) is 3.72. The van der Waals surface area contributed by atoms with Crippen LogP contribution in [0.3, 0.4) is 0 Å². The number of hydrogen-bond acceptors (Lipinski definition) is 3. The van der Waals surface area contributed by atoms with Gasteiger partial charge in [-0.2, -0.15) is 0 Å². The van der Waals surface area contributed by atoms with E-state index in [4.69, 9.17) is 0 Å². The molecule has 0 radical (unpaired) electrons. The minimum Gasteiger partial charge on any atom is -0.391 e. The Balaban J connectivity index is 1.60. The number of aliphatic imine (C=N–C) groups is 1. The number of aliphatic hydroxyl groups is 1. The van der Waals surface area contributed by atoms with Crippen LogP contribution in [0, 0.1) is 0 Å². The molecule has 0 bridgehead atoms. The van der Waals surface area contributed by atoms with E-state index in [9.17, 15) is 5.11 Å². The van der Waals surface area contributed by atoms with Crippen LogP contribution in [0.2, 0.25) is 0 Å². The second-order valence-electron chi connectivity index (χ2n) is 7.00. The van der Waals surface area contributed by atoms with Gasteiger partial charge in [0.15, 0.2) is 5.96 Å². The van der Waals surface area contributed by atoms with Crippen LogP contribution in [0.5, 0.6) is 0 Å². The molecule has 6 heteroatoms. The second kappa shape index (κ2) is 10.4. The van der Waals surface area contributed by atoms with Gasteiger partial charge in [-0.15, -0.1) is 0 Å². The standard InChI is InChI=1S/C23H29N5O/c1-3-24-23(26-15-20(29)14-18-10-6-4-7-11-18)28(2)17-22-25-16-21(27-22)19-12-8-5-9-13-19/h4-13,16,20,29H,3,14-15,17H2,1-2H3,(H,24,26)(H,25,27). The van der Waals surface area contributed by atoms with Crippen LogP contribution in [-0.2, 0) is 13.0 Å². The van der Waals surface area contributed by atoms with Gasteiger partial charge in [-0.1, -0.05) is 60.7 Å². The van der Waals surface area contributed by atoms with Gasteiger partial charge in [0.2, 0.25) is 0 Å². The minimum atomic E-state index is -0.521. The molecule has 1 heterocycles. The third kappa shape index (κ3) is 6.19. The Morgan fingerprint density at radius 3 is 2.52 bits per heavy atom. The van der Waals surface area contributed by atoms with Gasteiger partial charge in [0.25, 0.3) is 0 Å². The Labute approximate surface area is 172 Å². The van der Waals surface area contributed by atoms with E-state index in [1.165, 1.54) is 0 Å². The molecule has 2 aromatic carbocycles. The minimum absolute atomic E-state index is 0.342. The summed E-state index contributed by atoms with van der Waals surface area (Å²) in [5, 5.41) is 13.6. The maximum Gasteiger partial charge on any atom is 0.194 e. The number of nitrogens with zero attached hydrogens (tertiary/aromatic N) is 3. The van der Waals surface area contributed by atoms with E-state index in [1.54, 1.807) is 0 Å².